The fourth-order valence-corrected chi connectivity index (χ4v) is 4.80. The van der Waals surface area contributed by atoms with Gasteiger partial charge in [0.15, 0.2) is 0 Å². The minimum absolute atomic E-state index is 0.114. The summed E-state index contributed by atoms with van der Waals surface area (Å²) in [5.41, 5.74) is 0.607. The average Bonchev–Trinajstić information content (AvgIpc) is 2.67. The van der Waals surface area contributed by atoms with Gasteiger partial charge in [-0.2, -0.15) is 4.31 Å². The van der Waals surface area contributed by atoms with E-state index in [0.29, 0.717) is 25.2 Å². The summed E-state index contributed by atoms with van der Waals surface area (Å²) in [5, 5.41) is 2.94. The van der Waals surface area contributed by atoms with Crippen LogP contribution in [0.15, 0.2) is 58.2 Å². The third kappa shape index (κ3) is 4.49. The Kier molecular flexibility index (Phi) is 6.05. The lowest BCUT2D eigenvalue weighted by molar-refractivity contribution is 0.0941. The number of halogens is 1. The van der Waals surface area contributed by atoms with E-state index in [2.05, 4.69) is 26.2 Å². The van der Waals surface area contributed by atoms with Crippen LogP contribution in [0.1, 0.15) is 23.2 Å². The Bertz CT molecular complexity index is 866. The van der Waals surface area contributed by atoms with E-state index >= 15 is 0 Å². The zero-order valence-corrected chi connectivity index (χ0v) is 16.5. The van der Waals surface area contributed by atoms with Crippen LogP contribution in [-0.2, 0) is 10.0 Å². The van der Waals surface area contributed by atoms with E-state index in [1.54, 1.807) is 30.5 Å². The molecule has 0 atom stereocenters. The number of benzene rings is 1. The molecule has 1 aliphatic heterocycles. The lowest BCUT2D eigenvalue weighted by Crippen LogP contribution is -2.41. The fourth-order valence-electron chi connectivity index (χ4n) is 2.97. The van der Waals surface area contributed by atoms with Crippen molar-refractivity contribution >= 4 is 31.9 Å². The monoisotopic (exact) mass is 437 g/mol. The van der Waals surface area contributed by atoms with E-state index in [1.165, 1.54) is 10.5 Å². The minimum Gasteiger partial charge on any atom is -0.352 e. The Morgan fingerprint density at radius 1 is 1.23 bits per heavy atom. The fraction of sp³-hybridized carbons (Fsp3) is 0.333. The Balaban J connectivity index is 1.52. The first-order chi connectivity index (χ1) is 12.5. The Morgan fingerprint density at radius 2 is 2.00 bits per heavy atom. The lowest BCUT2D eigenvalue weighted by Gasteiger charge is -2.31. The van der Waals surface area contributed by atoms with Gasteiger partial charge in [0, 0.05) is 42.1 Å². The van der Waals surface area contributed by atoms with Crippen LogP contribution in [0.2, 0.25) is 0 Å². The van der Waals surface area contributed by atoms with Gasteiger partial charge < -0.3 is 5.32 Å². The van der Waals surface area contributed by atoms with Gasteiger partial charge >= 0.3 is 0 Å². The molecule has 2 aromatic rings. The number of nitrogens with one attached hydrogen (secondary N) is 1. The van der Waals surface area contributed by atoms with Crippen molar-refractivity contribution in [3.05, 3.63) is 58.8 Å². The first-order valence-corrected chi connectivity index (χ1v) is 10.6. The number of nitrogens with zero attached hydrogens (tertiary/aromatic N) is 2. The Morgan fingerprint density at radius 3 is 2.65 bits per heavy atom. The van der Waals surface area contributed by atoms with E-state index in [-0.39, 0.29) is 16.7 Å². The molecular formula is C18H20BrN3O3S. The van der Waals surface area contributed by atoms with Crippen LogP contribution >= 0.6 is 15.9 Å². The predicted molar refractivity (Wildman–Crippen MR) is 102 cm³/mol. The zero-order valence-electron chi connectivity index (χ0n) is 14.1. The van der Waals surface area contributed by atoms with Crippen molar-refractivity contribution in [3.63, 3.8) is 0 Å². The molecule has 2 heterocycles. The minimum atomic E-state index is -3.49. The van der Waals surface area contributed by atoms with Crippen molar-refractivity contribution in [2.45, 2.75) is 17.7 Å². The van der Waals surface area contributed by atoms with Gasteiger partial charge in [-0.05, 0) is 49.1 Å². The van der Waals surface area contributed by atoms with Crippen LogP contribution in [0, 0.1) is 5.92 Å². The Hall–Kier alpha value is -1.77. The number of hydrogen-bond acceptors (Lipinski definition) is 4. The number of amides is 1. The smallest absolute Gasteiger partial charge is 0.251 e. The summed E-state index contributed by atoms with van der Waals surface area (Å²) in [6.07, 6.45) is 4.37. The topological polar surface area (TPSA) is 79.4 Å². The highest BCUT2D eigenvalue weighted by molar-refractivity contribution is 9.10. The number of piperidine rings is 1. The molecule has 1 amide bonds. The zero-order chi connectivity index (χ0) is 18.6. The first-order valence-electron chi connectivity index (χ1n) is 8.41. The van der Waals surface area contributed by atoms with Gasteiger partial charge in [0.1, 0.15) is 4.90 Å². The predicted octanol–water partition coefficient (Wildman–Crippen LogP) is 2.67. The van der Waals surface area contributed by atoms with E-state index in [1.807, 2.05) is 12.1 Å². The average molecular weight is 438 g/mol. The van der Waals surface area contributed by atoms with E-state index in [4.69, 9.17) is 0 Å². The highest BCUT2D eigenvalue weighted by atomic mass is 79.9. The number of carbonyl (C=O) groups is 1. The third-order valence-corrected chi connectivity index (χ3v) is 6.86. The number of sulfonamides is 1. The number of carbonyl (C=O) groups excluding carboxylic acids is 1. The molecule has 3 rings (SSSR count). The maximum absolute atomic E-state index is 12.6. The molecule has 1 aliphatic rings. The summed E-state index contributed by atoms with van der Waals surface area (Å²) in [6.45, 7) is 1.45. The van der Waals surface area contributed by atoms with Gasteiger partial charge in [-0.15, -0.1) is 0 Å². The highest BCUT2D eigenvalue weighted by Crippen LogP contribution is 2.23. The molecule has 138 valence electrons. The standard InChI is InChI=1S/C18H20BrN3O3S/c19-16-4-1-3-15(11-16)18(23)21-12-14-6-9-22(10-7-14)26(24,25)17-5-2-8-20-13-17/h1-5,8,11,13-14H,6-7,9-10,12H2,(H,21,23). The van der Waals surface area contributed by atoms with Crippen molar-refractivity contribution in [2.24, 2.45) is 5.92 Å². The quantitative estimate of drug-likeness (QED) is 0.779. The van der Waals surface area contributed by atoms with Gasteiger partial charge in [-0.1, -0.05) is 22.0 Å². The summed E-state index contributed by atoms with van der Waals surface area (Å²) in [6, 6.07) is 10.4. The van der Waals surface area contributed by atoms with Gasteiger partial charge in [-0.25, -0.2) is 8.42 Å². The SMILES string of the molecule is O=C(NCC1CCN(S(=O)(=O)c2cccnc2)CC1)c1cccc(Br)c1. The molecule has 0 bridgehead atoms. The van der Waals surface area contributed by atoms with Crippen LogP contribution < -0.4 is 5.32 Å². The second-order valence-corrected chi connectivity index (χ2v) is 9.11. The number of rotatable bonds is 5. The summed E-state index contributed by atoms with van der Waals surface area (Å²) in [4.78, 5) is 16.3. The molecular weight excluding hydrogens is 418 g/mol. The van der Waals surface area contributed by atoms with Gasteiger partial charge in [0.05, 0.1) is 0 Å². The van der Waals surface area contributed by atoms with Gasteiger partial charge in [0.2, 0.25) is 10.0 Å². The third-order valence-electron chi connectivity index (χ3n) is 4.48. The summed E-state index contributed by atoms with van der Waals surface area (Å²) < 4.78 is 27.5. The highest BCUT2D eigenvalue weighted by Gasteiger charge is 2.29. The molecule has 1 fully saturated rings. The first kappa shape index (κ1) is 19.0. The summed E-state index contributed by atoms with van der Waals surface area (Å²) in [5.74, 6) is 0.156. The molecule has 1 aromatic carbocycles. The summed E-state index contributed by atoms with van der Waals surface area (Å²) in [7, 11) is -3.49. The second-order valence-electron chi connectivity index (χ2n) is 6.26. The van der Waals surface area contributed by atoms with Gasteiger partial charge in [-0.3, -0.25) is 9.78 Å². The summed E-state index contributed by atoms with van der Waals surface area (Å²) >= 11 is 3.36. The van der Waals surface area contributed by atoms with Crippen LogP contribution in [0.3, 0.4) is 0 Å². The van der Waals surface area contributed by atoms with Crippen LogP contribution in [0.25, 0.3) is 0 Å². The molecule has 8 heteroatoms. The molecule has 6 nitrogen and oxygen atoms in total. The maximum Gasteiger partial charge on any atom is 0.251 e. The van der Waals surface area contributed by atoms with Crippen LogP contribution in [-0.4, -0.2) is 43.2 Å². The lowest BCUT2D eigenvalue weighted by atomic mass is 9.98. The van der Waals surface area contributed by atoms with Crippen molar-refractivity contribution in [1.29, 1.82) is 0 Å². The van der Waals surface area contributed by atoms with Gasteiger partial charge in [0.25, 0.3) is 5.91 Å². The molecule has 0 unspecified atom stereocenters. The number of hydrogen-bond donors (Lipinski definition) is 1. The molecule has 0 saturated carbocycles. The molecule has 1 saturated heterocycles. The van der Waals surface area contributed by atoms with Crippen molar-refractivity contribution in [2.75, 3.05) is 19.6 Å². The molecule has 0 aliphatic carbocycles. The van der Waals surface area contributed by atoms with Crippen LogP contribution in [0.5, 0.6) is 0 Å². The molecule has 1 N–H and O–H groups in total. The van der Waals surface area contributed by atoms with E-state index in [0.717, 1.165) is 17.3 Å². The normalized spacial score (nSPS) is 16.3. The van der Waals surface area contributed by atoms with Crippen molar-refractivity contribution < 1.29 is 13.2 Å². The van der Waals surface area contributed by atoms with E-state index in [9.17, 15) is 13.2 Å². The van der Waals surface area contributed by atoms with Crippen molar-refractivity contribution in [1.82, 2.24) is 14.6 Å². The number of aromatic nitrogens is 1. The molecule has 1 aromatic heterocycles. The molecule has 0 radical (unpaired) electrons. The largest absolute Gasteiger partial charge is 0.352 e. The Labute approximate surface area is 161 Å². The molecule has 26 heavy (non-hydrogen) atoms. The van der Waals surface area contributed by atoms with Crippen molar-refractivity contribution in [3.8, 4) is 0 Å². The number of pyridine rings is 1. The maximum atomic E-state index is 12.6. The molecule has 0 spiro atoms. The van der Waals surface area contributed by atoms with Crippen LogP contribution in [0.4, 0.5) is 0 Å². The second kappa shape index (κ2) is 8.28. The van der Waals surface area contributed by atoms with E-state index < -0.39 is 10.0 Å².